The summed E-state index contributed by atoms with van der Waals surface area (Å²) in [5.74, 6) is -1.69. The van der Waals surface area contributed by atoms with E-state index >= 15 is 0 Å². The van der Waals surface area contributed by atoms with Crippen molar-refractivity contribution < 1.29 is 23.1 Å². The van der Waals surface area contributed by atoms with E-state index < -0.39 is 21.9 Å². The van der Waals surface area contributed by atoms with Gasteiger partial charge in [0, 0.05) is 26.2 Å². The second-order valence-corrected chi connectivity index (χ2v) is 8.12. The Hall–Kier alpha value is -2.78. The Kier molecular flexibility index (Phi) is 5.52. The van der Waals surface area contributed by atoms with Gasteiger partial charge in [0.1, 0.15) is 11.4 Å². The Balaban J connectivity index is 1.64. The van der Waals surface area contributed by atoms with Crippen LogP contribution in [0.3, 0.4) is 0 Å². The lowest BCUT2D eigenvalue weighted by Gasteiger charge is -2.33. The van der Waals surface area contributed by atoms with Gasteiger partial charge in [-0.25, -0.2) is 18.2 Å². The molecular weight excluding hydrogens is 370 g/mol. The van der Waals surface area contributed by atoms with Gasteiger partial charge < -0.3 is 10.0 Å². The van der Waals surface area contributed by atoms with Crippen molar-refractivity contribution in [3.05, 3.63) is 65.5 Å². The standard InChI is InChI=1S/C18H19N3O5S/c22-17(15-7-4-8-16(19-15)18(23)24)20-9-11-21(12-10-20)27(25,26)13-14-5-2-1-3-6-14/h1-8H,9-13H2,(H,23,24). The zero-order chi connectivity index (χ0) is 19.4. The van der Waals surface area contributed by atoms with Crippen molar-refractivity contribution in [3.63, 3.8) is 0 Å². The van der Waals surface area contributed by atoms with E-state index in [0.717, 1.165) is 0 Å². The van der Waals surface area contributed by atoms with Gasteiger partial charge in [-0.1, -0.05) is 36.4 Å². The SMILES string of the molecule is O=C(O)c1cccc(C(=O)N2CCN(S(=O)(=O)Cc3ccccc3)CC2)n1. The number of benzene rings is 1. The molecule has 1 aliphatic rings. The fourth-order valence-electron chi connectivity index (χ4n) is 2.88. The van der Waals surface area contributed by atoms with Crippen molar-refractivity contribution in [2.75, 3.05) is 26.2 Å². The van der Waals surface area contributed by atoms with Crippen LogP contribution in [0.15, 0.2) is 48.5 Å². The topological polar surface area (TPSA) is 108 Å². The molecule has 2 aromatic rings. The second-order valence-electron chi connectivity index (χ2n) is 6.15. The molecule has 0 saturated carbocycles. The molecule has 1 fully saturated rings. The quantitative estimate of drug-likeness (QED) is 0.819. The van der Waals surface area contributed by atoms with Crippen LogP contribution in [0.1, 0.15) is 26.5 Å². The highest BCUT2D eigenvalue weighted by Gasteiger charge is 2.29. The number of rotatable bonds is 5. The van der Waals surface area contributed by atoms with Crippen molar-refractivity contribution in [2.45, 2.75) is 5.75 Å². The average Bonchev–Trinajstić information content (AvgIpc) is 2.68. The van der Waals surface area contributed by atoms with Gasteiger partial charge in [0.15, 0.2) is 0 Å². The van der Waals surface area contributed by atoms with Crippen LogP contribution in [0.25, 0.3) is 0 Å². The lowest BCUT2D eigenvalue weighted by atomic mass is 10.2. The third-order valence-electron chi connectivity index (χ3n) is 4.30. The summed E-state index contributed by atoms with van der Waals surface area (Å²) in [6.45, 7) is 0.844. The molecule has 2 heterocycles. The highest BCUT2D eigenvalue weighted by molar-refractivity contribution is 7.88. The first-order valence-electron chi connectivity index (χ1n) is 8.38. The van der Waals surface area contributed by atoms with Crippen LogP contribution in [0.5, 0.6) is 0 Å². The maximum absolute atomic E-state index is 12.6. The van der Waals surface area contributed by atoms with Crippen LogP contribution in [-0.2, 0) is 15.8 Å². The van der Waals surface area contributed by atoms with E-state index in [1.807, 2.05) is 6.07 Å². The van der Waals surface area contributed by atoms with E-state index in [1.165, 1.54) is 27.4 Å². The molecule has 1 aliphatic heterocycles. The molecule has 0 bridgehead atoms. The zero-order valence-electron chi connectivity index (χ0n) is 14.5. The molecule has 0 atom stereocenters. The summed E-state index contributed by atoms with van der Waals surface area (Å²) in [6.07, 6.45) is 0. The van der Waals surface area contributed by atoms with Crippen molar-refractivity contribution >= 4 is 21.9 Å². The minimum absolute atomic E-state index is 0.0375. The number of nitrogens with zero attached hydrogens (tertiary/aromatic N) is 3. The molecule has 8 nitrogen and oxygen atoms in total. The number of hydrogen-bond acceptors (Lipinski definition) is 5. The first-order valence-corrected chi connectivity index (χ1v) is 9.99. The Morgan fingerprint density at radius 2 is 1.56 bits per heavy atom. The van der Waals surface area contributed by atoms with Gasteiger partial charge in [0.05, 0.1) is 5.75 Å². The average molecular weight is 389 g/mol. The van der Waals surface area contributed by atoms with Gasteiger partial charge >= 0.3 is 5.97 Å². The number of sulfonamides is 1. The molecule has 1 amide bonds. The summed E-state index contributed by atoms with van der Waals surface area (Å²) in [4.78, 5) is 28.9. The molecule has 27 heavy (non-hydrogen) atoms. The number of aromatic carboxylic acids is 1. The predicted octanol–water partition coefficient (Wildman–Crippen LogP) is 1.07. The number of hydrogen-bond donors (Lipinski definition) is 1. The Morgan fingerprint density at radius 3 is 2.19 bits per heavy atom. The normalized spacial score (nSPS) is 15.5. The highest BCUT2D eigenvalue weighted by Crippen LogP contribution is 2.15. The van der Waals surface area contributed by atoms with Gasteiger partial charge in [0.25, 0.3) is 5.91 Å². The smallest absolute Gasteiger partial charge is 0.354 e. The monoisotopic (exact) mass is 389 g/mol. The van der Waals surface area contributed by atoms with Gasteiger partial charge in [-0.15, -0.1) is 0 Å². The lowest BCUT2D eigenvalue weighted by molar-refractivity contribution is 0.0683. The maximum atomic E-state index is 12.6. The van der Waals surface area contributed by atoms with Crippen LogP contribution >= 0.6 is 0 Å². The summed E-state index contributed by atoms with van der Waals surface area (Å²) >= 11 is 0. The van der Waals surface area contributed by atoms with E-state index in [2.05, 4.69) is 4.98 Å². The van der Waals surface area contributed by atoms with Crippen molar-refractivity contribution in [3.8, 4) is 0 Å². The number of carbonyl (C=O) groups excluding carboxylic acids is 1. The number of aromatic nitrogens is 1. The Bertz CT molecular complexity index is 938. The minimum Gasteiger partial charge on any atom is -0.477 e. The molecule has 0 radical (unpaired) electrons. The molecule has 9 heteroatoms. The maximum Gasteiger partial charge on any atom is 0.354 e. The predicted molar refractivity (Wildman–Crippen MR) is 97.7 cm³/mol. The van der Waals surface area contributed by atoms with Crippen LogP contribution < -0.4 is 0 Å². The van der Waals surface area contributed by atoms with E-state index in [1.54, 1.807) is 24.3 Å². The molecule has 0 unspecified atom stereocenters. The lowest BCUT2D eigenvalue weighted by Crippen LogP contribution is -2.50. The number of piperazine rings is 1. The molecule has 1 N–H and O–H groups in total. The third kappa shape index (κ3) is 4.50. The fourth-order valence-corrected chi connectivity index (χ4v) is 4.40. The Morgan fingerprint density at radius 1 is 0.926 bits per heavy atom. The molecule has 1 aromatic heterocycles. The third-order valence-corrected chi connectivity index (χ3v) is 6.15. The number of carboxylic acid groups (broad SMARTS) is 1. The zero-order valence-corrected chi connectivity index (χ0v) is 15.3. The van der Waals surface area contributed by atoms with Gasteiger partial charge in [-0.3, -0.25) is 4.79 Å². The first kappa shape index (κ1) is 19.0. The summed E-state index contributed by atoms with van der Waals surface area (Å²) < 4.78 is 26.5. The summed E-state index contributed by atoms with van der Waals surface area (Å²) in [6, 6.07) is 13.2. The van der Waals surface area contributed by atoms with Crippen LogP contribution in [0.2, 0.25) is 0 Å². The van der Waals surface area contributed by atoms with Crippen molar-refractivity contribution in [1.82, 2.24) is 14.2 Å². The summed E-state index contributed by atoms with van der Waals surface area (Å²) in [5.41, 5.74) is 0.547. The summed E-state index contributed by atoms with van der Waals surface area (Å²) in [7, 11) is -3.47. The molecule has 0 aliphatic carbocycles. The summed E-state index contributed by atoms with van der Waals surface area (Å²) in [5, 5.41) is 8.99. The van der Waals surface area contributed by atoms with Gasteiger partial charge in [-0.2, -0.15) is 4.31 Å². The second kappa shape index (κ2) is 7.85. The Labute approximate surface area is 157 Å². The van der Waals surface area contributed by atoms with Crippen LogP contribution in [-0.4, -0.2) is 65.8 Å². The number of carbonyl (C=O) groups is 2. The van der Waals surface area contributed by atoms with Crippen LogP contribution in [0.4, 0.5) is 0 Å². The molecule has 0 spiro atoms. The van der Waals surface area contributed by atoms with E-state index in [4.69, 9.17) is 5.11 Å². The number of pyridine rings is 1. The molecule has 1 aromatic carbocycles. The van der Waals surface area contributed by atoms with Gasteiger partial charge in [-0.05, 0) is 17.7 Å². The van der Waals surface area contributed by atoms with Crippen LogP contribution in [0, 0.1) is 0 Å². The minimum atomic E-state index is -3.47. The number of amides is 1. The molecular formula is C18H19N3O5S. The van der Waals surface area contributed by atoms with Crippen molar-refractivity contribution in [1.29, 1.82) is 0 Å². The highest BCUT2D eigenvalue weighted by atomic mass is 32.2. The van der Waals surface area contributed by atoms with E-state index in [-0.39, 0.29) is 43.3 Å². The van der Waals surface area contributed by atoms with Gasteiger partial charge in [0.2, 0.25) is 10.0 Å². The van der Waals surface area contributed by atoms with Crippen molar-refractivity contribution in [2.24, 2.45) is 0 Å². The largest absolute Gasteiger partial charge is 0.477 e. The fraction of sp³-hybridized carbons (Fsp3) is 0.278. The number of carboxylic acids is 1. The first-order chi connectivity index (χ1) is 12.9. The molecule has 3 rings (SSSR count). The molecule has 142 valence electrons. The molecule has 1 saturated heterocycles. The van der Waals surface area contributed by atoms with E-state index in [9.17, 15) is 18.0 Å². The van der Waals surface area contributed by atoms with E-state index in [0.29, 0.717) is 5.56 Å².